The highest BCUT2D eigenvalue weighted by Crippen LogP contribution is 2.39. The SMILES string of the molecule is C/C=C(\C=N/COCC)C1=C(c2ccc(O[C@H]3CCN(CCCF)C3)cc2)c2ccc(OF)cc2CCC1. The third-order valence-electron chi connectivity index (χ3n) is 7.15. The van der Waals surface area contributed by atoms with Gasteiger partial charge in [0.15, 0.2) is 5.75 Å². The molecule has 0 N–H and O–H groups in total. The Balaban J connectivity index is 1.64. The number of benzene rings is 2. The Bertz CT molecular complexity index is 1140. The van der Waals surface area contributed by atoms with E-state index in [4.69, 9.17) is 9.47 Å². The Kier molecular flexibility index (Phi) is 10.5. The van der Waals surface area contributed by atoms with Gasteiger partial charge in [0.05, 0.1) is 6.67 Å². The van der Waals surface area contributed by atoms with Gasteiger partial charge in [0.2, 0.25) is 0 Å². The van der Waals surface area contributed by atoms with E-state index in [9.17, 15) is 8.92 Å². The maximum Gasteiger partial charge on any atom is 0.172 e. The van der Waals surface area contributed by atoms with Gasteiger partial charge in [0.1, 0.15) is 18.6 Å². The van der Waals surface area contributed by atoms with E-state index in [1.807, 2.05) is 38.3 Å². The molecule has 7 heteroatoms. The molecule has 1 fully saturated rings. The number of alkyl halides is 1. The van der Waals surface area contributed by atoms with E-state index in [0.717, 1.165) is 78.9 Å². The van der Waals surface area contributed by atoms with Crippen molar-refractivity contribution in [2.75, 3.05) is 39.6 Å². The van der Waals surface area contributed by atoms with Crippen LogP contribution in [0.3, 0.4) is 0 Å². The van der Waals surface area contributed by atoms with E-state index in [1.165, 1.54) is 5.57 Å². The van der Waals surface area contributed by atoms with Gasteiger partial charge in [-0.3, -0.25) is 19.2 Å². The Hall–Kier alpha value is -3.03. The lowest BCUT2D eigenvalue weighted by atomic mass is 9.87. The number of nitrogens with zero attached hydrogens (tertiary/aromatic N) is 2. The number of fused-ring (bicyclic) bond motifs is 1. The first-order valence-corrected chi connectivity index (χ1v) is 13.6. The van der Waals surface area contributed by atoms with Crippen molar-refractivity contribution >= 4 is 11.8 Å². The van der Waals surface area contributed by atoms with Crippen LogP contribution in [0.1, 0.15) is 56.2 Å². The van der Waals surface area contributed by atoms with Crippen molar-refractivity contribution in [3.63, 3.8) is 0 Å². The largest absolute Gasteiger partial charge is 0.489 e. The summed E-state index contributed by atoms with van der Waals surface area (Å²) < 4.78 is 37.2. The fraction of sp³-hybridized carbons (Fsp3) is 0.452. The van der Waals surface area contributed by atoms with Crippen LogP contribution in [0.5, 0.6) is 11.5 Å². The predicted molar refractivity (Wildman–Crippen MR) is 148 cm³/mol. The summed E-state index contributed by atoms with van der Waals surface area (Å²) in [6.07, 6.45) is 8.23. The van der Waals surface area contributed by atoms with Gasteiger partial charge in [-0.2, -0.15) is 0 Å². The molecule has 38 heavy (non-hydrogen) atoms. The second-order valence-electron chi connectivity index (χ2n) is 9.68. The Morgan fingerprint density at radius 2 is 1.95 bits per heavy atom. The quantitative estimate of drug-likeness (QED) is 0.224. The Morgan fingerprint density at radius 3 is 2.68 bits per heavy atom. The average Bonchev–Trinajstić information content (AvgIpc) is 3.31. The predicted octanol–water partition coefficient (Wildman–Crippen LogP) is 6.91. The first kappa shape index (κ1) is 28.0. The van der Waals surface area contributed by atoms with Crippen LogP contribution in [0.4, 0.5) is 8.92 Å². The second-order valence-corrected chi connectivity index (χ2v) is 9.68. The molecule has 1 aliphatic heterocycles. The van der Waals surface area contributed by atoms with Crippen molar-refractivity contribution in [2.45, 2.75) is 52.1 Å². The molecule has 1 atom stereocenters. The number of aryl methyl sites for hydroxylation is 1. The van der Waals surface area contributed by atoms with Gasteiger partial charge < -0.3 is 9.47 Å². The smallest absolute Gasteiger partial charge is 0.172 e. The van der Waals surface area contributed by atoms with Gasteiger partial charge in [0, 0.05) is 37.0 Å². The number of ether oxygens (including phenoxy) is 2. The molecule has 1 heterocycles. The maximum atomic E-state index is 13.0. The maximum absolute atomic E-state index is 13.0. The summed E-state index contributed by atoms with van der Waals surface area (Å²) in [7, 11) is 0. The minimum absolute atomic E-state index is 0.115. The van der Waals surface area contributed by atoms with Gasteiger partial charge >= 0.3 is 0 Å². The van der Waals surface area contributed by atoms with E-state index in [2.05, 4.69) is 33.0 Å². The van der Waals surface area contributed by atoms with Crippen LogP contribution in [0.25, 0.3) is 5.57 Å². The molecule has 1 saturated heterocycles. The number of allylic oxidation sites excluding steroid dienone is 3. The Labute approximate surface area is 224 Å². The minimum atomic E-state index is -0.278. The van der Waals surface area contributed by atoms with Crippen molar-refractivity contribution in [3.05, 3.63) is 76.4 Å². The first-order chi connectivity index (χ1) is 18.7. The zero-order chi connectivity index (χ0) is 26.7. The highest BCUT2D eigenvalue weighted by Gasteiger charge is 2.24. The molecule has 2 aromatic carbocycles. The van der Waals surface area contributed by atoms with E-state index in [0.29, 0.717) is 19.8 Å². The number of hydrogen-bond donors (Lipinski definition) is 0. The number of likely N-dealkylation sites (tertiary alicyclic amines) is 1. The molecular weight excluding hydrogens is 486 g/mol. The summed E-state index contributed by atoms with van der Waals surface area (Å²) >= 11 is 0. The standard InChI is InChI=1S/C31H38F2N2O3/c1-3-23(20-34-22-36-4-2)29-8-5-7-25-19-27(38-33)13-14-30(25)31(29)24-9-11-26(12-10-24)37-28-15-18-35(21-28)17-6-16-32/h3,9-14,19-20,28H,4-8,15-18,21-22H2,1-2H3/b23-3+,34-20-/t28-/m0/s1. The number of hydrogen-bond acceptors (Lipinski definition) is 5. The minimum Gasteiger partial charge on any atom is -0.489 e. The van der Waals surface area contributed by atoms with E-state index >= 15 is 0 Å². The molecule has 2 aromatic rings. The van der Waals surface area contributed by atoms with Crippen LogP contribution in [0.2, 0.25) is 0 Å². The van der Waals surface area contributed by atoms with Crippen LogP contribution in [-0.2, 0) is 11.2 Å². The molecule has 4 rings (SSSR count). The molecular formula is C31H38F2N2O3. The number of halogens is 2. The normalized spacial score (nSPS) is 18.6. The van der Waals surface area contributed by atoms with Crippen molar-refractivity contribution < 1.29 is 23.3 Å². The third-order valence-corrected chi connectivity index (χ3v) is 7.15. The lowest BCUT2D eigenvalue weighted by molar-refractivity contribution is -0.00629. The van der Waals surface area contributed by atoms with Gasteiger partial charge in [-0.05, 0) is 104 Å². The van der Waals surface area contributed by atoms with Crippen LogP contribution in [0, 0.1) is 0 Å². The van der Waals surface area contributed by atoms with Gasteiger partial charge in [-0.1, -0.05) is 24.3 Å². The zero-order valence-corrected chi connectivity index (χ0v) is 22.4. The topological polar surface area (TPSA) is 43.3 Å². The highest BCUT2D eigenvalue weighted by atomic mass is 19.3. The van der Waals surface area contributed by atoms with Gasteiger partial charge in [-0.25, -0.2) is 0 Å². The van der Waals surface area contributed by atoms with Gasteiger partial charge in [0.25, 0.3) is 0 Å². The first-order valence-electron chi connectivity index (χ1n) is 13.6. The van der Waals surface area contributed by atoms with Gasteiger partial charge in [-0.15, -0.1) is 0 Å². The number of aliphatic imine (C=N–C) groups is 1. The Morgan fingerprint density at radius 1 is 1.13 bits per heavy atom. The molecule has 5 nitrogen and oxygen atoms in total. The lowest BCUT2D eigenvalue weighted by Crippen LogP contribution is -2.26. The average molecular weight is 525 g/mol. The zero-order valence-electron chi connectivity index (χ0n) is 22.4. The summed E-state index contributed by atoms with van der Waals surface area (Å²) in [6, 6.07) is 13.7. The van der Waals surface area contributed by atoms with Crippen LogP contribution >= 0.6 is 0 Å². The monoisotopic (exact) mass is 524 g/mol. The summed E-state index contributed by atoms with van der Waals surface area (Å²) in [6.45, 7) is 7.19. The van der Waals surface area contributed by atoms with Crippen molar-refractivity contribution in [1.29, 1.82) is 0 Å². The third kappa shape index (κ3) is 7.08. The lowest BCUT2D eigenvalue weighted by Gasteiger charge is -2.19. The van der Waals surface area contributed by atoms with Crippen molar-refractivity contribution in [3.8, 4) is 11.5 Å². The fourth-order valence-electron chi connectivity index (χ4n) is 5.31. The molecule has 1 aliphatic carbocycles. The molecule has 0 saturated carbocycles. The highest BCUT2D eigenvalue weighted by molar-refractivity contribution is 5.95. The van der Waals surface area contributed by atoms with E-state index < -0.39 is 0 Å². The number of rotatable bonds is 12. The van der Waals surface area contributed by atoms with E-state index in [1.54, 1.807) is 12.1 Å². The molecule has 0 aromatic heterocycles. The molecule has 0 bridgehead atoms. The summed E-state index contributed by atoms with van der Waals surface area (Å²) in [5.74, 6) is 1.05. The summed E-state index contributed by atoms with van der Waals surface area (Å²) in [5, 5.41) is 0. The summed E-state index contributed by atoms with van der Waals surface area (Å²) in [5.41, 5.74) is 6.57. The second kappa shape index (κ2) is 14.2. The molecule has 0 unspecified atom stereocenters. The van der Waals surface area contributed by atoms with Crippen LogP contribution in [-0.4, -0.2) is 56.9 Å². The van der Waals surface area contributed by atoms with Crippen LogP contribution < -0.4 is 9.68 Å². The fourth-order valence-corrected chi connectivity index (χ4v) is 5.31. The molecule has 2 aliphatic rings. The van der Waals surface area contributed by atoms with Crippen molar-refractivity contribution in [2.24, 2.45) is 4.99 Å². The molecule has 0 radical (unpaired) electrons. The summed E-state index contributed by atoms with van der Waals surface area (Å²) in [4.78, 5) is 10.8. The molecule has 204 valence electrons. The molecule has 0 amide bonds. The van der Waals surface area contributed by atoms with Crippen molar-refractivity contribution in [1.82, 2.24) is 4.90 Å². The molecule has 0 spiro atoms. The van der Waals surface area contributed by atoms with E-state index in [-0.39, 0.29) is 18.5 Å². The van der Waals surface area contributed by atoms with Crippen LogP contribution in [0.15, 0.2) is 64.7 Å².